The molecule has 0 aliphatic heterocycles. The summed E-state index contributed by atoms with van der Waals surface area (Å²) >= 11 is 1.96. The SMILES string of the molecule is COC(=O)c1nc(C)c2cc(SC3CCCCC3)ccc2c1OCc1ccccc1. The summed E-state index contributed by atoms with van der Waals surface area (Å²) in [6, 6.07) is 16.3. The number of benzene rings is 2. The minimum absolute atomic E-state index is 0.228. The number of thioether (sulfide) groups is 1. The van der Waals surface area contributed by atoms with Crippen LogP contribution in [0.3, 0.4) is 0 Å². The topological polar surface area (TPSA) is 48.4 Å². The number of carbonyl (C=O) groups excluding carboxylic acids is 1. The number of aryl methyl sites for hydroxylation is 1. The first kappa shape index (κ1) is 20.7. The van der Waals surface area contributed by atoms with E-state index in [9.17, 15) is 4.79 Å². The quantitative estimate of drug-likeness (QED) is 0.435. The Hall–Kier alpha value is -2.53. The molecule has 0 bridgehead atoms. The highest BCUT2D eigenvalue weighted by Crippen LogP contribution is 2.38. The lowest BCUT2D eigenvalue weighted by molar-refractivity contribution is 0.0588. The van der Waals surface area contributed by atoms with Gasteiger partial charge >= 0.3 is 5.97 Å². The largest absolute Gasteiger partial charge is 0.486 e. The van der Waals surface area contributed by atoms with Gasteiger partial charge in [-0.05, 0) is 43.5 Å². The molecule has 1 aromatic heterocycles. The van der Waals surface area contributed by atoms with E-state index >= 15 is 0 Å². The second-order valence-electron chi connectivity index (χ2n) is 7.73. The number of hydrogen-bond acceptors (Lipinski definition) is 5. The molecule has 1 aliphatic rings. The number of carbonyl (C=O) groups is 1. The summed E-state index contributed by atoms with van der Waals surface area (Å²) in [5.74, 6) is 0.00392. The molecule has 1 saturated carbocycles. The zero-order valence-corrected chi connectivity index (χ0v) is 18.3. The van der Waals surface area contributed by atoms with Crippen LogP contribution < -0.4 is 4.74 Å². The van der Waals surface area contributed by atoms with Crippen molar-refractivity contribution in [1.82, 2.24) is 4.98 Å². The first-order chi connectivity index (χ1) is 14.7. The maximum Gasteiger partial charge on any atom is 0.360 e. The maximum absolute atomic E-state index is 12.4. The third kappa shape index (κ3) is 4.62. The summed E-state index contributed by atoms with van der Waals surface area (Å²) in [7, 11) is 1.37. The van der Waals surface area contributed by atoms with Gasteiger partial charge in [0.15, 0.2) is 11.4 Å². The molecule has 1 aliphatic carbocycles. The molecular weight excluding hydrogens is 394 g/mol. The van der Waals surface area contributed by atoms with E-state index in [2.05, 4.69) is 23.2 Å². The lowest BCUT2D eigenvalue weighted by Crippen LogP contribution is -2.10. The van der Waals surface area contributed by atoms with Crippen LogP contribution in [0.1, 0.15) is 53.8 Å². The molecule has 0 N–H and O–H groups in total. The number of methoxy groups -OCH3 is 1. The summed E-state index contributed by atoms with van der Waals surface area (Å²) < 4.78 is 11.1. The van der Waals surface area contributed by atoms with Crippen molar-refractivity contribution in [3.63, 3.8) is 0 Å². The summed E-state index contributed by atoms with van der Waals surface area (Å²) in [5.41, 5.74) is 2.07. The molecule has 1 heterocycles. The minimum Gasteiger partial charge on any atom is -0.486 e. The van der Waals surface area contributed by atoms with Crippen molar-refractivity contribution < 1.29 is 14.3 Å². The number of pyridine rings is 1. The Kier molecular flexibility index (Phi) is 6.58. The number of hydrogen-bond donors (Lipinski definition) is 0. The van der Waals surface area contributed by atoms with Crippen LogP contribution in [-0.2, 0) is 11.3 Å². The highest BCUT2D eigenvalue weighted by molar-refractivity contribution is 8.00. The van der Waals surface area contributed by atoms with Gasteiger partial charge in [0, 0.05) is 26.6 Å². The van der Waals surface area contributed by atoms with Gasteiger partial charge in [0.1, 0.15) is 6.61 Å². The van der Waals surface area contributed by atoms with E-state index in [4.69, 9.17) is 9.47 Å². The van der Waals surface area contributed by atoms with E-state index in [0.717, 1.165) is 22.0 Å². The van der Waals surface area contributed by atoms with Crippen molar-refractivity contribution in [2.24, 2.45) is 0 Å². The number of ether oxygens (including phenoxy) is 2. The molecule has 0 spiro atoms. The molecule has 0 atom stereocenters. The maximum atomic E-state index is 12.4. The third-order valence-electron chi connectivity index (χ3n) is 5.58. The van der Waals surface area contributed by atoms with E-state index in [1.165, 1.54) is 44.1 Å². The zero-order valence-electron chi connectivity index (χ0n) is 17.5. The average Bonchev–Trinajstić information content (AvgIpc) is 2.79. The van der Waals surface area contributed by atoms with Crippen LogP contribution in [0.5, 0.6) is 5.75 Å². The fraction of sp³-hybridized carbons (Fsp3) is 0.360. The number of aromatic nitrogens is 1. The summed E-state index contributed by atoms with van der Waals surface area (Å²) in [6.07, 6.45) is 6.58. The van der Waals surface area contributed by atoms with Crippen molar-refractivity contribution in [1.29, 1.82) is 0 Å². The van der Waals surface area contributed by atoms with Crippen LogP contribution in [-0.4, -0.2) is 23.3 Å². The van der Waals surface area contributed by atoms with Crippen LogP contribution in [0.25, 0.3) is 10.8 Å². The first-order valence-electron chi connectivity index (χ1n) is 10.5. The van der Waals surface area contributed by atoms with E-state index < -0.39 is 5.97 Å². The first-order valence-corrected chi connectivity index (χ1v) is 11.4. The van der Waals surface area contributed by atoms with Gasteiger partial charge in [-0.2, -0.15) is 0 Å². The Labute approximate surface area is 182 Å². The Morgan fingerprint density at radius 1 is 1.07 bits per heavy atom. The van der Waals surface area contributed by atoms with Crippen molar-refractivity contribution in [2.45, 2.75) is 55.8 Å². The minimum atomic E-state index is -0.483. The smallest absolute Gasteiger partial charge is 0.360 e. The van der Waals surface area contributed by atoms with Gasteiger partial charge in [0.2, 0.25) is 0 Å². The molecule has 5 heteroatoms. The Morgan fingerprint density at radius 3 is 2.57 bits per heavy atom. The average molecular weight is 422 g/mol. The molecule has 0 unspecified atom stereocenters. The number of fused-ring (bicyclic) bond motifs is 1. The van der Waals surface area contributed by atoms with E-state index in [1.807, 2.05) is 49.0 Å². The van der Waals surface area contributed by atoms with Crippen molar-refractivity contribution in [3.05, 3.63) is 65.5 Å². The Balaban J connectivity index is 1.70. The van der Waals surface area contributed by atoms with Gasteiger partial charge in [-0.1, -0.05) is 49.6 Å². The molecule has 0 radical (unpaired) electrons. The van der Waals surface area contributed by atoms with E-state index in [1.54, 1.807) is 0 Å². The lowest BCUT2D eigenvalue weighted by atomic mass is 10.0. The van der Waals surface area contributed by atoms with Crippen molar-refractivity contribution in [3.8, 4) is 5.75 Å². The molecular formula is C25H27NO3S. The second-order valence-corrected chi connectivity index (χ2v) is 9.10. The van der Waals surface area contributed by atoms with Gasteiger partial charge in [0.05, 0.1) is 7.11 Å². The van der Waals surface area contributed by atoms with Gasteiger partial charge in [-0.3, -0.25) is 0 Å². The summed E-state index contributed by atoms with van der Waals surface area (Å²) in [6.45, 7) is 2.30. The van der Waals surface area contributed by atoms with Crippen LogP contribution in [0, 0.1) is 6.92 Å². The van der Waals surface area contributed by atoms with Crippen molar-refractivity contribution >= 4 is 28.5 Å². The third-order valence-corrected chi connectivity index (χ3v) is 6.91. The molecule has 1 fully saturated rings. The van der Waals surface area contributed by atoms with Gasteiger partial charge in [-0.25, -0.2) is 9.78 Å². The van der Waals surface area contributed by atoms with Crippen LogP contribution in [0.2, 0.25) is 0 Å². The summed E-state index contributed by atoms with van der Waals surface area (Å²) in [4.78, 5) is 18.2. The monoisotopic (exact) mass is 421 g/mol. The van der Waals surface area contributed by atoms with E-state index in [0.29, 0.717) is 17.6 Å². The molecule has 2 aromatic carbocycles. The van der Waals surface area contributed by atoms with Crippen molar-refractivity contribution in [2.75, 3.05) is 7.11 Å². The fourth-order valence-electron chi connectivity index (χ4n) is 3.99. The normalized spacial score (nSPS) is 14.6. The van der Waals surface area contributed by atoms with E-state index in [-0.39, 0.29) is 5.69 Å². The highest BCUT2D eigenvalue weighted by atomic mass is 32.2. The Morgan fingerprint density at radius 2 is 1.83 bits per heavy atom. The van der Waals surface area contributed by atoms with Gasteiger partial charge in [0.25, 0.3) is 0 Å². The zero-order chi connectivity index (χ0) is 20.9. The van der Waals surface area contributed by atoms with Crippen LogP contribution in [0.4, 0.5) is 0 Å². The lowest BCUT2D eigenvalue weighted by Gasteiger charge is -2.21. The number of nitrogens with zero attached hydrogens (tertiary/aromatic N) is 1. The van der Waals surface area contributed by atoms with Gasteiger partial charge < -0.3 is 9.47 Å². The summed E-state index contributed by atoms with van der Waals surface area (Å²) in [5, 5.41) is 2.60. The van der Waals surface area contributed by atoms with Gasteiger partial charge in [-0.15, -0.1) is 11.8 Å². The fourth-order valence-corrected chi connectivity index (χ4v) is 5.27. The number of rotatable bonds is 6. The second kappa shape index (κ2) is 9.52. The predicted molar refractivity (Wildman–Crippen MR) is 121 cm³/mol. The molecule has 4 nitrogen and oxygen atoms in total. The molecule has 4 rings (SSSR count). The molecule has 0 amide bonds. The van der Waals surface area contributed by atoms with Crippen LogP contribution >= 0.6 is 11.8 Å². The molecule has 30 heavy (non-hydrogen) atoms. The standard InChI is InChI=1S/C25H27NO3S/c1-17-22-15-20(30-19-11-7-4-8-12-19)13-14-21(22)24(23(26-17)25(27)28-2)29-16-18-9-5-3-6-10-18/h3,5-6,9-10,13-15,19H,4,7-8,11-12,16H2,1-2H3. The van der Waals surface area contributed by atoms with Crippen LogP contribution in [0.15, 0.2) is 53.4 Å². The Bertz CT molecular complexity index is 1030. The predicted octanol–water partition coefficient (Wildman–Crippen LogP) is 6.33. The molecule has 3 aromatic rings. The molecule has 0 saturated heterocycles. The number of esters is 1. The highest BCUT2D eigenvalue weighted by Gasteiger charge is 2.21. The molecule has 156 valence electrons.